The molecule has 3 aromatic rings. The number of fused-ring (bicyclic) bond motifs is 3. The number of hydrogen-bond donors (Lipinski definition) is 0. The predicted molar refractivity (Wildman–Crippen MR) is 59.3 cm³/mol. The fourth-order valence-electron chi connectivity index (χ4n) is 1.74. The normalized spacial score (nSPS) is 11.1. The van der Waals surface area contributed by atoms with Crippen molar-refractivity contribution in [3.8, 4) is 5.88 Å². The molecular formula is C12H10ClN3O5. The zero-order valence-corrected chi connectivity index (χ0v) is 11.6. The minimum atomic E-state index is -4.94. The quantitative estimate of drug-likeness (QED) is 0.338. The molecule has 0 unspecified atom stereocenters. The van der Waals surface area contributed by atoms with E-state index in [0.717, 1.165) is 16.4 Å². The summed E-state index contributed by atoms with van der Waals surface area (Å²) in [5.41, 5.74) is 0.803. The fraction of sp³-hybridized carbons (Fsp3) is 0.0833. The van der Waals surface area contributed by atoms with Crippen molar-refractivity contribution in [2.24, 2.45) is 0 Å². The zero-order valence-electron chi connectivity index (χ0n) is 10.8. The van der Waals surface area contributed by atoms with Gasteiger partial charge in [0.15, 0.2) is 6.20 Å². The number of methoxy groups -OCH3 is 1. The van der Waals surface area contributed by atoms with E-state index in [9.17, 15) is 0 Å². The van der Waals surface area contributed by atoms with Crippen LogP contribution in [0.25, 0.3) is 16.4 Å². The Morgan fingerprint density at radius 3 is 2.43 bits per heavy atom. The molecule has 8 nitrogen and oxygen atoms in total. The number of rotatable bonds is 1. The molecule has 0 atom stereocenters. The average Bonchev–Trinajstić information content (AvgIpc) is 2.45. The molecule has 0 fully saturated rings. The number of ether oxygens (including phenoxy) is 1. The molecule has 110 valence electrons. The van der Waals surface area contributed by atoms with Crippen LogP contribution in [0.2, 0.25) is 0 Å². The number of halogens is 1. The van der Waals surface area contributed by atoms with Gasteiger partial charge in [-0.15, -0.1) is 14.8 Å². The SMILES string of the molecule is COc1cn[n+]2ccc3ccccc3c2n1.[O-][Cl+3]([O-])([O-])[O-]. The summed E-state index contributed by atoms with van der Waals surface area (Å²) in [5.74, 6) is 0.524. The topological polar surface area (TPSA) is 131 Å². The second-order valence-corrected chi connectivity index (χ2v) is 4.60. The van der Waals surface area contributed by atoms with Gasteiger partial charge in [-0.2, -0.15) is 0 Å². The number of hydrogen-bond acceptors (Lipinski definition) is 7. The standard InChI is InChI=1S/C12H10N3O.ClHO4/c1-16-11-8-13-15-7-6-9-4-2-3-5-10(9)12(15)14-11;2-1(3,4)5/h2-8H,1H3;(H,2,3,4,5)/q+1;/p-1. The van der Waals surface area contributed by atoms with E-state index in [1.54, 1.807) is 17.8 Å². The van der Waals surface area contributed by atoms with Gasteiger partial charge in [-0.3, -0.25) is 0 Å². The highest BCUT2D eigenvalue weighted by Crippen LogP contribution is 2.15. The average molecular weight is 312 g/mol. The maximum absolute atomic E-state index is 8.49. The molecular weight excluding hydrogens is 302 g/mol. The molecule has 9 heteroatoms. The summed E-state index contributed by atoms with van der Waals surface area (Å²) in [5, 5.41) is 6.44. The molecule has 1 aromatic carbocycles. The van der Waals surface area contributed by atoms with E-state index in [-0.39, 0.29) is 0 Å². The van der Waals surface area contributed by atoms with Crippen molar-refractivity contribution in [2.45, 2.75) is 0 Å². The van der Waals surface area contributed by atoms with E-state index in [4.69, 9.17) is 23.4 Å². The summed E-state index contributed by atoms with van der Waals surface area (Å²) in [4.78, 5) is 4.40. The van der Waals surface area contributed by atoms with Gasteiger partial charge in [0.05, 0.1) is 12.5 Å². The Bertz CT molecular complexity index is 757. The van der Waals surface area contributed by atoms with Crippen LogP contribution in [0.3, 0.4) is 0 Å². The minimum absolute atomic E-state index is 0.524. The highest BCUT2D eigenvalue weighted by Gasteiger charge is 2.12. The van der Waals surface area contributed by atoms with Gasteiger partial charge in [0.25, 0.3) is 0 Å². The van der Waals surface area contributed by atoms with E-state index < -0.39 is 10.2 Å². The smallest absolute Gasteiger partial charge is 0.360 e. The molecule has 0 aliphatic carbocycles. The Morgan fingerprint density at radius 1 is 1.10 bits per heavy atom. The van der Waals surface area contributed by atoms with Crippen LogP contribution in [0.4, 0.5) is 0 Å². The lowest BCUT2D eigenvalue weighted by Gasteiger charge is -2.17. The van der Waals surface area contributed by atoms with Crippen LogP contribution in [-0.4, -0.2) is 17.2 Å². The molecule has 2 aromatic heterocycles. The van der Waals surface area contributed by atoms with Gasteiger partial charge < -0.3 is 4.74 Å². The molecule has 0 spiro atoms. The first kappa shape index (κ1) is 15.3. The Hall–Kier alpha value is -2.10. The molecule has 0 radical (unpaired) electrons. The lowest BCUT2D eigenvalue weighted by molar-refractivity contribution is -2.00. The molecule has 21 heavy (non-hydrogen) atoms. The summed E-state index contributed by atoms with van der Waals surface area (Å²) in [6, 6.07) is 10.1. The first-order valence-corrected chi connectivity index (χ1v) is 6.84. The molecule has 0 N–H and O–H groups in total. The van der Waals surface area contributed by atoms with Gasteiger partial charge in [-0.1, -0.05) is 23.3 Å². The van der Waals surface area contributed by atoms with E-state index in [2.05, 4.69) is 16.1 Å². The second kappa shape index (κ2) is 6.12. The molecule has 0 bridgehead atoms. The third-order valence-corrected chi connectivity index (χ3v) is 2.53. The molecule has 3 rings (SSSR count). The highest BCUT2D eigenvalue weighted by molar-refractivity contribution is 5.91. The van der Waals surface area contributed by atoms with Crippen LogP contribution in [0.1, 0.15) is 0 Å². The zero-order chi connectivity index (χ0) is 15.5. The van der Waals surface area contributed by atoms with Gasteiger partial charge in [0, 0.05) is 4.98 Å². The van der Waals surface area contributed by atoms with Crippen molar-refractivity contribution < 1.29 is 38.1 Å². The second-order valence-electron chi connectivity index (χ2n) is 3.85. The van der Waals surface area contributed by atoms with E-state index in [0.29, 0.717) is 5.88 Å². The summed E-state index contributed by atoms with van der Waals surface area (Å²) in [7, 11) is -3.36. The monoisotopic (exact) mass is 311 g/mol. The Balaban J connectivity index is 0.000000282. The Kier molecular flexibility index (Phi) is 4.46. The molecule has 0 amide bonds. The molecule has 2 heterocycles. The van der Waals surface area contributed by atoms with Crippen LogP contribution < -0.4 is 27.9 Å². The van der Waals surface area contributed by atoms with Crippen molar-refractivity contribution >= 4 is 16.4 Å². The number of aromatic nitrogens is 3. The maximum Gasteiger partial charge on any atom is 0.360 e. The highest BCUT2D eigenvalue weighted by atomic mass is 35.7. The van der Waals surface area contributed by atoms with Crippen LogP contribution in [0, 0.1) is 10.2 Å². The summed E-state index contributed by atoms with van der Waals surface area (Å²) >= 11 is 0. The largest absolute Gasteiger partial charge is 0.462 e. The van der Waals surface area contributed by atoms with E-state index in [1.807, 2.05) is 30.5 Å². The third-order valence-electron chi connectivity index (χ3n) is 2.53. The van der Waals surface area contributed by atoms with Crippen LogP contribution in [0.5, 0.6) is 5.88 Å². The van der Waals surface area contributed by atoms with Crippen LogP contribution in [-0.2, 0) is 0 Å². The van der Waals surface area contributed by atoms with Crippen molar-refractivity contribution in [2.75, 3.05) is 7.11 Å². The predicted octanol–water partition coefficient (Wildman–Crippen LogP) is -3.38. The minimum Gasteiger partial charge on any atom is -0.462 e. The van der Waals surface area contributed by atoms with Crippen LogP contribution in [0.15, 0.2) is 42.7 Å². The first-order valence-electron chi connectivity index (χ1n) is 5.60. The molecule has 0 saturated heterocycles. The van der Waals surface area contributed by atoms with Crippen molar-refractivity contribution in [1.29, 1.82) is 0 Å². The Morgan fingerprint density at radius 2 is 1.76 bits per heavy atom. The maximum atomic E-state index is 8.49. The summed E-state index contributed by atoms with van der Waals surface area (Å²) in [6.45, 7) is 0. The van der Waals surface area contributed by atoms with Gasteiger partial charge in [0.1, 0.15) is 6.20 Å². The van der Waals surface area contributed by atoms with Gasteiger partial charge in [0.2, 0.25) is 0 Å². The molecule has 0 saturated carbocycles. The van der Waals surface area contributed by atoms with E-state index >= 15 is 0 Å². The number of pyridine rings is 1. The lowest BCUT2D eigenvalue weighted by atomic mass is 10.2. The molecule has 0 aliphatic rings. The number of nitrogens with zero attached hydrogens (tertiary/aromatic N) is 3. The van der Waals surface area contributed by atoms with Gasteiger partial charge in [-0.05, 0) is 17.5 Å². The van der Waals surface area contributed by atoms with Crippen molar-refractivity contribution in [3.05, 3.63) is 42.7 Å². The number of benzene rings is 1. The summed E-state index contributed by atoms with van der Waals surface area (Å²) in [6.07, 6.45) is 3.49. The fourth-order valence-corrected chi connectivity index (χ4v) is 1.74. The first-order chi connectivity index (χ1) is 9.88. The molecule has 0 aliphatic heterocycles. The third kappa shape index (κ3) is 4.18. The lowest BCUT2D eigenvalue weighted by Crippen LogP contribution is -2.68. The van der Waals surface area contributed by atoms with Crippen molar-refractivity contribution in [1.82, 2.24) is 10.1 Å². The van der Waals surface area contributed by atoms with E-state index in [1.165, 1.54) is 0 Å². The van der Waals surface area contributed by atoms with Gasteiger partial charge in [-0.25, -0.2) is 18.6 Å². The summed E-state index contributed by atoms with van der Waals surface area (Å²) < 4.78 is 40.8. The van der Waals surface area contributed by atoms with Gasteiger partial charge >= 0.3 is 11.5 Å². The van der Waals surface area contributed by atoms with Crippen LogP contribution >= 0.6 is 0 Å². The Labute approximate surface area is 121 Å². The van der Waals surface area contributed by atoms with Crippen molar-refractivity contribution in [3.63, 3.8) is 0 Å².